The first kappa shape index (κ1) is 14.0. The molecule has 1 aliphatic rings. The fraction of sp³-hybridized carbons (Fsp3) is 1.00. The van der Waals surface area contributed by atoms with E-state index in [-0.39, 0.29) is 0 Å². The van der Waals surface area contributed by atoms with Crippen LogP contribution in [0.1, 0.15) is 53.4 Å². The second kappa shape index (κ2) is 7.29. The van der Waals surface area contributed by atoms with Crippen molar-refractivity contribution < 1.29 is 4.74 Å². The molecule has 0 atom stereocenters. The highest BCUT2D eigenvalue weighted by molar-refractivity contribution is 4.73. The van der Waals surface area contributed by atoms with Crippen molar-refractivity contribution in [3.63, 3.8) is 0 Å². The molecule has 0 aliphatic carbocycles. The predicted molar refractivity (Wildman–Crippen MR) is 69.8 cm³/mol. The molecule has 1 saturated heterocycles. The molecule has 96 valence electrons. The number of rotatable bonds is 6. The van der Waals surface area contributed by atoms with Gasteiger partial charge in [0.1, 0.15) is 0 Å². The molecule has 0 saturated carbocycles. The van der Waals surface area contributed by atoms with Gasteiger partial charge in [0.15, 0.2) is 0 Å². The van der Waals surface area contributed by atoms with E-state index in [2.05, 4.69) is 32.6 Å². The molecule has 0 aromatic heterocycles. The van der Waals surface area contributed by atoms with Gasteiger partial charge < -0.3 is 9.64 Å². The Morgan fingerprint density at radius 1 is 1.12 bits per heavy atom. The number of hydrogen-bond acceptors (Lipinski definition) is 2. The molecule has 0 radical (unpaired) electrons. The maximum atomic E-state index is 5.86. The van der Waals surface area contributed by atoms with Gasteiger partial charge in [-0.2, -0.15) is 0 Å². The first-order chi connectivity index (χ1) is 7.58. The number of nitrogens with zero attached hydrogens (tertiary/aromatic N) is 1. The molecule has 0 amide bonds. The van der Waals surface area contributed by atoms with Crippen LogP contribution in [0.2, 0.25) is 0 Å². The molecule has 0 unspecified atom stereocenters. The van der Waals surface area contributed by atoms with E-state index in [1.54, 1.807) is 0 Å². The van der Waals surface area contributed by atoms with E-state index in [9.17, 15) is 0 Å². The first-order valence-corrected chi connectivity index (χ1v) is 6.95. The summed E-state index contributed by atoms with van der Waals surface area (Å²) >= 11 is 0. The average Bonchev–Trinajstić information content (AvgIpc) is 2.19. The third-order valence-electron chi connectivity index (χ3n) is 3.26. The molecule has 1 fully saturated rings. The van der Waals surface area contributed by atoms with Crippen molar-refractivity contribution in [3.8, 4) is 0 Å². The van der Waals surface area contributed by atoms with Crippen LogP contribution in [0.4, 0.5) is 0 Å². The maximum absolute atomic E-state index is 5.86. The molecule has 0 spiro atoms. The minimum Gasteiger partial charge on any atom is -0.375 e. The molecule has 1 aliphatic heterocycles. The van der Waals surface area contributed by atoms with Crippen molar-refractivity contribution >= 4 is 0 Å². The molecule has 16 heavy (non-hydrogen) atoms. The van der Waals surface area contributed by atoms with Gasteiger partial charge in [-0.25, -0.2) is 0 Å². The summed E-state index contributed by atoms with van der Waals surface area (Å²) in [5.74, 6) is 0.849. The summed E-state index contributed by atoms with van der Waals surface area (Å²) in [4.78, 5) is 2.60. The van der Waals surface area contributed by atoms with E-state index in [0.29, 0.717) is 12.2 Å². The lowest BCUT2D eigenvalue weighted by atomic mass is 10.1. The Bertz CT molecular complexity index is 172. The van der Waals surface area contributed by atoms with Crippen molar-refractivity contribution in [2.75, 3.05) is 19.6 Å². The van der Waals surface area contributed by atoms with Crippen molar-refractivity contribution in [2.45, 2.75) is 65.6 Å². The van der Waals surface area contributed by atoms with E-state index in [1.165, 1.54) is 45.3 Å². The number of hydrogen-bond donors (Lipinski definition) is 0. The molecule has 0 aromatic rings. The molecule has 2 nitrogen and oxygen atoms in total. The fourth-order valence-corrected chi connectivity index (χ4v) is 2.38. The lowest BCUT2D eigenvalue weighted by Gasteiger charge is -2.32. The summed E-state index contributed by atoms with van der Waals surface area (Å²) in [6.45, 7) is 12.6. The van der Waals surface area contributed by atoms with E-state index < -0.39 is 0 Å². The van der Waals surface area contributed by atoms with Gasteiger partial charge in [-0.05, 0) is 52.0 Å². The lowest BCUT2D eigenvalue weighted by molar-refractivity contribution is -0.0269. The molecular weight excluding hydrogens is 198 g/mol. The summed E-state index contributed by atoms with van der Waals surface area (Å²) in [7, 11) is 0. The monoisotopic (exact) mass is 227 g/mol. The van der Waals surface area contributed by atoms with Gasteiger partial charge in [0, 0.05) is 13.1 Å². The largest absolute Gasteiger partial charge is 0.375 e. The van der Waals surface area contributed by atoms with Crippen LogP contribution in [0.3, 0.4) is 0 Å². The van der Waals surface area contributed by atoms with Gasteiger partial charge in [-0.15, -0.1) is 0 Å². The summed E-state index contributed by atoms with van der Waals surface area (Å²) in [6.07, 6.45) is 6.06. The number of ether oxygens (including phenoxy) is 1. The van der Waals surface area contributed by atoms with E-state index in [1.807, 2.05) is 0 Å². The van der Waals surface area contributed by atoms with Gasteiger partial charge in [0.25, 0.3) is 0 Å². The topological polar surface area (TPSA) is 12.5 Å². The van der Waals surface area contributed by atoms with Gasteiger partial charge >= 0.3 is 0 Å². The molecule has 0 aromatic carbocycles. The smallest absolute Gasteiger partial charge is 0.0603 e. The molecule has 0 N–H and O–H groups in total. The van der Waals surface area contributed by atoms with Crippen LogP contribution in [-0.2, 0) is 4.74 Å². The minimum atomic E-state index is 0.387. The highest BCUT2D eigenvalue weighted by atomic mass is 16.5. The highest BCUT2D eigenvalue weighted by Crippen LogP contribution is 2.16. The van der Waals surface area contributed by atoms with Gasteiger partial charge in [0.2, 0.25) is 0 Å². The Kier molecular flexibility index (Phi) is 6.37. The van der Waals surface area contributed by atoms with Crippen LogP contribution in [-0.4, -0.2) is 36.7 Å². The van der Waals surface area contributed by atoms with Crippen LogP contribution in [0, 0.1) is 5.92 Å². The van der Waals surface area contributed by atoms with Gasteiger partial charge in [-0.1, -0.05) is 13.8 Å². The number of piperidine rings is 1. The zero-order valence-corrected chi connectivity index (χ0v) is 11.5. The third kappa shape index (κ3) is 5.86. The Morgan fingerprint density at radius 2 is 1.75 bits per heavy atom. The second-order valence-corrected chi connectivity index (χ2v) is 5.76. The Labute approximate surface area is 101 Å². The van der Waals surface area contributed by atoms with Crippen LogP contribution >= 0.6 is 0 Å². The average molecular weight is 227 g/mol. The van der Waals surface area contributed by atoms with Crippen molar-refractivity contribution in [2.24, 2.45) is 5.92 Å². The quantitative estimate of drug-likeness (QED) is 0.690. The van der Waals surface area contributed by atoms with Crippen molar-refractivity contribution in [1.29, 1.82) is 0 Å². The summed E-state index contributed by atoms with van der Waals surface area (Å²) in [5, 5.41) is 0. The molecule has 0 bridgehead atoms. The molecule has 1 heterocycles. The van der Waals surface area contributed by atoms with Crippen LogP contribution in [0.5, 0.6) is 0 Å². The summed E-state index contributed by atoms with van der Waals surface area (Å²) in [5.41, 5.74) is 0. The van der Waals surface area contributed by atoms with Crippen LogP contribution in [0.25, 0.3) is 0 Å². The SMILES string of the molecule is CC(C)CCCN1CCC(OC(C)C)CC1. The Balaban J connectivity index is 2.07. The van der Waals surface area contributed by atoms with Crippen molar-refractivity contribution in [1.82, 2.24) is 4.90 Å². The second-order valence-electron chi connectivity index (χ2n) is 5.76. The van der Waals surface area contributed by atoms with Crippen LogP contribution < -0.4 is 0 Å². The first-order valence-electron chi connectivity index (χ1n) is 6.95. The lowest BCUT2D eigenvalue weighted by Crippen LogP contribution is -2.38. The molecule has 1 rings (SSSR count). The normalized spacial score (nSPS) is 19.9. The summed E-state index contributed by atoms with van der Waals surface area (Å²) < 4.78 is 5.86. The zero-order chi connectivity index (χ0) is 12.0. The minimum absolute atomic E-state index is 0.387. The Morgan fingerprint density at radius 3 is 2.25 bits per heavy atom. The van der Waals surface area contributed by atoms with Crippen molar-refractivity contribution in [3.05, 3.63) is 0 Å². The highest BCUT2D eigenvalue weighted by Gasteiger charge is 2.19. The zero-order valence-electron chi connectivity index (χ0n) is 11.5. The fourth-order valence-electron chi connectivity index (χ4n) is 2.38. The van der Waals surface area contributed by atoms with Gasteiger partial charge in [0.05, 0.1) is 12.2 Å². The predicted octanol–water partition coefficient (Wildman–Crippen LogP) is 3.31. The van der Waals surface area contributed by atoms with E-state index in [4.69, 9.17) is 4.74 Å². The molecular formula is C14H29NO. The summed E-state index contributed by atoms with van der Waals surface area (Å²) in [6, 6.07) is 0. The van der Waals surface area contributed by atoms with E-state index in [0.717, 1.165) is 5.92 Å². The van der Waals surface area contributed by atoms with E-state index >= 15 is 0 Å². The Hall–Kier alpha value is -0.0800. The maximum Gasteiger partial charge on any atom is 0.0603 e. The standard InChI is InChI=1S/C14H29NO/c1-12(2)6-5-9-15-10-7-14(8-11-15)16-13(3)4/h12-14H,5-11H2,1-4H3. The van der Waals surface area contributed by atoms with Crippen LogP contribution in [0.15, 0.2) is 0 Å². The number of likely N-dealkylation sites (tertiary alicyclic amines) is 1. The van der Waals surface area contributed by atoms with Gasteiger partial charge in [-0.3, -0.25) is 0 Å². The third-order valence-corrected chi connectivity index (χ3v) is 3.26. The molecule has 2 heteroatoms.